The van der Waals surface area contributed by atoms with E-state index < -0.39 is 0 Å². The number of benzene rings is 1. The molecule has 21 heavy (non-hydrogen) atoms. The lowest BCUT2D eigenvalue weighted by Gasteiger charge is -2.16. The fraction of sp³-hybridized carbons (Fsp3) is 0.467. The van der Waals surface area contributed by atoms with E-state index >= 15 is 0 Å². The summed E-state index contributed by atoms with van der Waals surface area (Å²) in [4.78, 5) is 25.1. The molecule has 2 amide bonds. The molecule has 4 N–H and O–H groups in total. The molecule has 0 radical (unpaired) electrons. The Hall–Kier alpha value is -1.92. The van der Waals surface area contributed by atoms with Gasteiger partial charge in [-0.3, -0.25) is 14.5 Å². The molecular formula is C15H24N4O2. The van der Waals surface area contributed by atoms with Gasteiger partial charge < -0.3 is 16.4 Å². The van der Waals surface area contributed by atoms with Gasteiger partial charge in [0.1, 0.15) is 0 Å². The number of likely N-dealkylation sites (N-methyl/N-ethyl adjacent to an activating group) is 1. The molecule has 0 aromatic heterocycles. The molecule has 0 atom stereocenters. The van der Waals surface area contributed by atoms with Crippen molar-refractivity contribution in [3.8, 4) is 0 Å². The predicted molar refractivity (Wildman–Crippen MR) is 83.8 cm³/mol. The van der Waals surface area contributed by atoms with E-state index in [9.17, 15) is 9.59 Å². The highest BCUT2D eigenvalue weighted by Crippen LogP contribution is 2.08. The van der Waals surface area contributed by atoms with Crippen molar-refractivity contribution in [2.75, 3.05) is 32.0 Å². The lowest BCUT2D eigenvalue weighted by Crippen LogP contribution is -2.39. The summed E-state index contributed by atoms with van der Waals surface area (Å²) in [6, 6.07) is 7.37. The van der Waals surface area contributed by atoms with E-state index in [1.165, 1.54) is 0 Å². The summed E-state index contributed by atoms with van der Waals surface area (Å²) in [5, 5.41) is 5.56. The van der Waals surface area contributed by atoms with E-state index in [-0.39, 0.29) is 24.9 Å². The fourth-order valence-corrected chi connectivity index (χ4v) is 1.79. The number of carbonyl (C=O) groups excluding carboxylic acids is 2. The lowest BCUT2D eigenvalue weighted by molar-refractivity contribution is -0.122. The predicted octanol–water partition coefficient (Wildman–Crippen LogP) is 0.542. The molecule has 0 fully saturated rings. The zero-order valence-corrected chi connectivity index (χ0v) is 12.7. The number of anilines is 1. The Morgan fingerprint density at radius 1 is 1.14 bits per heavy atom. The van der Waals surface area contributed by atoms with Crippen molar-refractivity contribution < 1.29 is 9.59 Å². The number of nitrogens with one attached hydrogen (secondary N) is 2. The van der Waals surface area contributed by atoms with Crippen LogP contribution in [-0.2, 0) is 16.1 Å². The van der Waals surface area contributed by atoms with Crippen LogP contribution in [0.3, 0.4) is 0 Å². The van der Waals surface area contributed by atoms with Crippen LogP contribution in [0.4, 0.5) is 5.69 Å². The van der Waals surface area contributed by atoms with Crippen LogP contribution in [0.5, 0.6) is 0 Å². The smallest absolute Gasteiger partial charge is 0.238 e. The molecule has 1 aromatic rings. The Bertz CT molecular complexity index is 459. The molecule has 0 saturated heterocycles. The first kappa shape index (κ1) is 17.1. The average molecular weight is 292 g/mol. The first-order chi connectivity index (χ1) is 10.0. The first-order valence-electron chi connectivity index (χ1n) is 7.09. The number of rotatable bonds is 8. The number of carbonyl (C=O) groups is 2. The molecule has 0 unspecified atom stereocenters. The normalized spacial score (nSPS) is 10.5. The summed E-state index contributed by atoms with van der Waals surface area (Å²) >= 11 is 0. The Kier molecular flexibility index (Phi) is 7.42. The molecule has 0 spiro atoms. The molecule has 0 heterocycles. The van der Waals surface area contributed by atoms with Gasteiger partial charge in [-0.2, -0.15) is 0 Å². The second kappa shape index (κ2) is 9.10. The minimum absolute atomic E-state index is 0.0700. The van der Waals surface area contributed by atoms with Crippen molar-refractivity contribution in [3.05, 3.63) is 29.8 Å². The summed E-state index contributed by atoms with van der Waals surface area (Å²) in [7, 11) is 1.74. The molecule has 0 saturated carbocycles. The SMILES string of the molecule is CCCNC(=O)CN(C)CC(=O)Nc1ccc(CN)cc1. The Morgan fingerprint density at radius 3 is 2.33 bits per heavy atom. The number of amides is 2. The average Bonchev–Trinajstić information content (AvgIpc) is 2.45. The van der Waals surface area contributed by atoms with E-state index in [1.54, 1.807) is 11.9 Å². The summed E-state index contributed by atoms with van der Waals surface area (Å²) in [5.41, 5.74) is 7.25. The van der Waals surface area contributed by atoms with E-state index in [1.807, 2.05) is 31.2 Å². The Labute approximate surface area is 125 Å². The van der Waals surface area contributed by atoms with E-state index in [0.29, 0.717) is 13.1 Å². The van der Waals surface area contributed by atoms with Crippen molar-refractivity contribution in [2.24, 2.45) is 5.73 Å². The minimum Gasteiger partial charge on any atom is -0.355 e. The third-order valence-electron chi connectivity index (χ3n) is 2.87. The number of nitrogens with zero attached hydrogens (tertiary/aromatic N) is 1. The van der Waals surface area contributed by atoms with Gasteiger partial charge in [0.15, 0.2) is 0 Å². The van der Waals surface area contributed by atoms with Crippen LogP contribution in [0.2, 0.25) is 0 Å². The van der Waals surface area contributed by atoms with Gasteiger partial charge in [-0.25, -0.2) is 0 Å². The molecule has 0 bridgehead atoms. The third-order valence-corrected chi connectivity index (χ3v) is 2.87. The summed E-state index contributed by atoms with van der Waals surface area (Å²) in [5.74, 6) is -0.222. The van der Waals surface area contributed by atoms with Crippen LogP contribution in [0.15, 0.2) is 24.3 Å². The van der Waals surface area contributed by atoms with Crippen LogP contribution >= 0.6 is 0 Å². The maximum atomic E-state index is 11.9. The van der Waals surface area contributed by atoms with Gasteiger partial charge >= 0.3 is 0 Å². The van der Waals surface area contributed by atoms with Crippen molar-refractivity contribution in [1.29, 1.82) is 0 Å². The van der Waals surface area contributed by atoms with Gasteiger partial charge in [-0.1, -0.05) is 19.1 Å². The van der Waals surface area contributed by atoms with Crippen molar-refractivity contribution in [3.63, 3.8) is 0 Å². The molecule has 1 aromatic carbocycles. The monoisotopic (exact) mass is 292 g/mol. The zero-order valence-electron chi connectivity index (χ0n) is 12.7. The van der Waals surface area contributed by atoms with Gasteiger partial charge in [0, 0.05) is 18.8 Å². The van der Waals surface area contributed by atoms with Gasteiger partial charge in [0.2, 0.25) is 11.8 Å². The number of nitrogens with two attached hydrogens (primary N) is 1. The molecule has 6 heteroatoms. The van der Waals surface area contributed by atoms with Crippen LogP contribution in [0, 0.1) is 0 Å². The second-order valence-corrected chi connectivity index (χ2v) is 4.97. The van der Waals surface area contributed by atoms with Gasteiger partial charge in [0.05, 0.1) is 13.1 Å². The summed E-state index contributed by atoms with van der Waals surface area (Å²) < 4.78 is 0. The molecule has 116 valence electrons. The van der Waals surface area contributed by atoms with Gasteiger partial charge in [0.25, 0.3) is 0 Å². The molecule has 1 rings (SSSR count). The van der Waals surface area contributed by atoms with E-state index in [2.05, 4.69) is 10.6 Å². The van der Waals surface area contributed by atoms with E-state index in [4.69, 9.17) is 5.73 Å². The van der Waals surface area contributed by atoms with Gasteiger partial charge in [-0.15, -0.1) is 0 Å². The molecular weight excluding hydrogens is 268 g/mol. The van der Waals surface area contributed by atoms with Crippen LogP contribution in [0.25, 0.3) is 0 Å². The van der Waals surface area contributed by atoms with E-state index in [0.717, 1.165) is 17.7 Å². The highest BCUT2D eigenvalue weighted by atomic mass is 16.2. The van der Waals surface area contributed by atoms with Crippen LogP contribution < -0.4 is 16.4 Å². The van der Waals surface area contributed by atoms with Gasteiger partial charge in [-0.05, 0) is 31.2 Å². The summed E-state index contributed by atoms with van der Waals surface area (Å²) in [6.07, 6.45) is 0.898. The standard InChI is InChI=1S/C15H24N4O2/c1-3-8-17-14(20)10-19(2)11-15(21)18-13-6-4-12(9-16)5-7-13/h4-7H,3,8-11,16H2,1-2H3,(H,17,20)(H,18,21). The van der Waals surface area contributed by atoms with Crippen molar-refractivity contribution >= 4 is 17.5 Å². The minimum atomic E-state index is -0.152. The number of hydrogen-bond donors (Lipinski definition) is 3. The molecule has 0 aliphatic carbocycles. The van der Waals surface area contributed by atoms with Crippen LogP contribution in [-0.4, -0.2) is 43.4 Å². The van der Waals surface area contributed by atoms with Crippen LogP contribution in [0.1, 0.15) is 18.9 Å². The maximum absolute atomic E-state index is 11.9. The van der Waals surface area contributed by atoms with Crippen molar-refractivity contribution in [1.82, 2.24) is 10.2 Å². The lowest BCUT2D eigenvalue weighted by atomic mass is 10.2. The quantitative estimate of drug-likeness (QED) is 0.652. The highest BCUT2D eigenvalue weighted by molar-refractivity contribution is 5.92. The molecule has 0 aliphatic rings. The molecule has 6 nitrogen and oxygen atoms in total. The fourth-order valence-electron chi connectivity index (χ4n) is 1.79. The zero-order chi connectivity index (χ0) is 15.7. The highest BCUT2D eigenvalue weighted by Gasteiger charge is 2.10. The maximum Gasteiger partial charge on any atom is 0.238 e. The summed E-state index contributed by atoms with van der Waals surface area (Å²) in [6.45, 7) is 3.50. The Balaban J connectivity index is 2.36. The first-order valence-corrected chi connectivity index (χ1v) is 7.09. The Morgan fingerprint density at radius 2 is 1.76 bits per heavy atom. The second-order valence-electron chi connectivity index (χ2n) is 4.97. The third kappa shape index (κ3) is 6.87. The largest absolute Gasteiger partial charge is 0.355 e. The topological polar surface area (TPSA) is 87.5 Å². The number of hydrogen-bond acceptors (Lipinski definition) is 4. The molecule has 0 aliphatic heterocycles. The van der Waals surface area contributed by atoms with Crippen molar-refractivity contribution in [2.45, 2.75) is 19.9 Å².